The molecule has 2 rings (SSSR count). The third-order valence-electron chi connectivity index (χ3n) is 1.52. The topological polar surface area (TPSA) is 44.5 Å². The molecule has 52 valence electrons. The fraction of sp³-hybridized carbons (Fsp3) is 0.143. The van der Waals surface area contributed by atoms with Crippen molar-refractivity contribution in [1.82, 2.24) is 0 Å². The predicted molar refractivity (Wildman–Crippen MR) is 36.3 cm³/mol. The molecule has 2 N–H and O–H groups in total. The molecule has 0 aliphatic carbocycles. The lowest BCUT2D eigenvalue weighted by Gasteiger charge is -1.95. The maximum Gasteiger partial charge on any atom is 0.173 e. The first-order valence-electron chi connectivity index (χ1n) is 3.05. The summed E-state index contributed by atoms with van der Waals surface area (Å²) in [7, 11) is 0. The van der Waals surface area contributed by atoms with E-state index in [0.717, 1.165) is 17.0 Å². The fourth-order valence-electron chi connectivity index (χ4n) is 0.967. The molecule has 0 saturated heterocycles. The predicted octanol–water partition coefficient (Wildman–Crippen LogP) is 1.09. The van der Waals surface area contributed by atoms with Crippen LogP contribution in [0.3, 0.4) is 0 Å². The van der Waals surface area contributed by atoms with Crippen LogP contribution in [0.5, 0.6) is 5.75 Å². The minimum Gasteiger partial charge on any atom is -0.398 e. The Labute approximate surface area is 58.3 Å². The number of nitrogens with two attached hydrogens (primary N) is 1. The summed E-state index contributed by atoms with van der Waals surface area (Å²) in [6.07, 6.45) is 0. The lowest BCUT2D eigenvalue weighted by Crippen LogP contribution is -1.89. The number of fused-ring (bicyclic) bond motifs is 1. The maximum atomic E-state index is 5.61. The lowest BCUT2D eigenvalue weighted by molar-refractivity contribution is -0.194. The highest BCUT2D eigenvalue weighted by Crippen LogP contribution is 2.29. The molecule has 0 bridgehead atoms. The van der Waals surface area contributed by atoms with Crippen molar-refractivity contribution >= 4 is 5.69 Å². The Morgan fingerprint density at radius 2 is 2.30 bits per heavy atom. The van der Waals surface area contributed by atoms with E-state index in [1.807, 2.05) is 18.2 Å². The van der Waals surface area contributed by atoms with Crippen molar-refractivity contribution in [2.75, 3.05) is 5.73 Å². The molecule has 0 atom stereocenters. The molecule has 0 radical (unpaired) electrons. The number of rotatable bonds is 0. The molecule has 10 heavy (non-hydrogen) atoms. The Kier molecular flexibility index (Phi) is 1.05. The van der Waals surface area contributed by atoms with Gasteiger partial charge in [-0.15, -0.1) is 0 Å². The molecule has 0 fully saturated rings. The highest BCUT2D eigenvalue weighted by atomic mass is 17.2. The van der Waals surface area contributed by atoms with Gasteiger partial charge in [0.05, 0.1) is 5.56 Å². The minimum absolute atomic E-state index is 0.460. The summed E-state index contributed by atoms with van der Waals surface area (Å²) in [5, 5.41) is 0. The van der Waals surface area contributed by atoms with Crippen LogP contribution in [0.15, 0.2) is 18.2 Å². The van der Waals surface area contributed by atoms with E-state index in [1.54, 1.807) is 0 Å². The van der Waals surface area contributed by atoms with Crippen LogP contribution in [0, 0.1) is 0 Å². The standard InChI is InChI=1S/C7H7NO2/c8-6-2-1-3-7-5(6)4-9-10-7/h1-3H,4,8H2. The molecule has 0 unspecified atom stereocenters. The van der Waals surface area contributed by atoms with Crippen molar-refractivity contribution in [2.45, 2.75) is 6.61 Å². The van der Waals surface area contributed by atoms with Gasteiger partial charge in [-0.3, -0.25) is 0 Å². The Hall–Kier alpha value is -1.22. The fourth-order valence-corrected chi connectivity index (χ4v) is 0.967. The number of hydrogen-bond acceptors (Lipinski definition) is 3. The van der Waals surface area contributed by atoms with E-state index in [2.05, 4.69) is 0 Å². The van der Waals surface area contributed by atoms with Gasteiger partial charge < -0.3 is 10.6 Å². The molecule has 3 heteroatoms. The zero-order valence-corrected chi connectivity index (χ0v) is 5.33. The Morgan fingerprint density at radius 1 is 1.40 bits per heavy atom. The normalized spacial score (nSPS) is 14.4. The Balaban J connectivity index is 2.59. The van der Waals surface area contributed by atoms with Crippen LogP contribution in [0.2, 0.25) is 0 Å². The molecule has 0 amide bonds. The monoisotopic (exact) mass is 137 g/mol. The van der Waals surface area contributed by atoms with Gasteiger partial charge in [-0.25, -0.2) is 0 Å². The molecular weight excluding hydrogens is 130 g/mol. The number of anilines is 1. The minimum atomic E-state index is 0.460. The zero-order chi connectivity index (χ0) is 6.97. The smallest absolute Gasteiger partial charge is 0.173 e. The highest BCUT2D eigenvalue weighted by molar-refractivity contribution is 5.54. The molecule has 3 nitrogen and oxygen atoms in total. The summed E-state index contributed by atoms with van der Waals surface area (Å²) in [5.74, 6) is 0.736. The van der Waals surface area contributed by atoms with Crippen LogP contribution in [0.25, 0.3) is 0 Å². The largest absolute Gasteiger partial charge is 0.398 e. The van der Waals surface area contributed by atoms with E-state index in [-0.39, 0.29) is 0 Å². The third-order valence-corrected chi connectivity index (χ3v) is 1.52. The van der Waals surface area contributed by atoms with Gasteiger partial charge in [0.15, 0.2) is 5.75 Å². The number of hydrogen-bond donors (Lipinski definition) is 1. The van der Waals surface area contributed by atoms with Gasteiger partial charge in [0.2, 0.25) is 0 Å². The van der Waals surface area contributed by atoms with Crippen LogP contribution < -0.4 is 10.6 Å². The van der Waals surface area contributed by atoms with Gasteiger partial charge >= 0.3 is 0 Å². The van der Waals surface area contributed by atoms with Gasteiger partial charge in [-0.1, -0.05) is 6.07 Å². The summed E-state index contributed by atoms with van der Waals surface area (Å²) in [4.78, 5) is 9.52. The SMILES string of the molecule is Nc1cccc2c1COO2. The van der Waals surface area contributed by atoms with Crippen molar-refractivity contribution in [2.24, 2.45) is 0 Å². The first-order valence-corrected chi connectivity index (χ1v) is 3.05. The second-order valence-corrected chi connectivity index (χ2v) is 2.17. The first kappa shape index (κ1) is 5.56. The van der Waals surface area contributed by atoms with Gasteiger partial charge in [0.25, 0.3) is 0 Å². The van der Waals surface area contributed by atoms with E-state index in [4.69, 9.17) is 15.5 Å². The van der Waals surface area contributed by atoms with Crippen LogP contribution in [0.4, 0.5) is 5.69 Å². The molecular formula is C7H7NO2. The molecule has 0 saturated carbocycles. The van der Waals surface area contributed by atoms with Crippen molar-refractivity contribution in [1.29, 1.82) is 0 Å². The van der Waals surface area contributed by atoms with Crippen molar-refractivity contribution in [3.05, 3.63) is 23.8 Å². The number of benzene rings is 1. The van der Waals surface area contributed by atoms with Crippen molar-refractivity contribution in [3.63, 3.8) is 0 Å². The van der Waals surface area contributed by atoms with Crippen molar-refractivity contribution in [3.8, 4) is 5.75 Å². The summed E-state index contributed by atoms with van der Waals surface area (Å²) >= 11 is 0. The summed E-state index contributed by atoms with van der Waals surface area (Å²) < 4.78 is 0. The average Bonchev–Trinajstić information content (AvgIpc) is 2.36. The second kappa shape index (κ2) is 1.88. The van der Waals surface area contributed by atoms with Gasteiger partial charge in [-0.05, 0) is 12.1 Å². The van der Waals surface area contributed by atoms with Gasteiger partial charge in [0.1, 0.15) is 6.61 Å². The van der Waals surface area contributed by atoms with Crippen molar-refractivity contribution < 1.29 is 9.78 Å². The lowest BCUT2D eigenvalue weighted by atomic mass is 10.2. The Bertz CT molecular complexity index is 260. The van der Waals surface area contributed by atoms with Gasteiger partial charge in [0, 0.05) is 5.69 Å². The quantitative estimate of drug-likeness (QED) is 0.430. The Morgan fingerprint density at radius 3 is 3.10 bits per heavy atom. The molecule has 1 aliphatic rings. The molecule has 0 spiro atoms. The van der Waals surface area contributed by atoms with Crippen LogP contribution >= 0.6 is 0 Å². The third kappa shape index (κ3) is 0.642. The maximum absolute atomic E-state index is 5.61. The van der Waals surface area contributed by atoms with Crippen LogP contribution in [-0.2, 0) is 11.5 Å². The molecule has 0 aromatic heterocycles. The van der Waals surface area contributed by atoms with E-state index in [0.29, 0.717) is 6.61 Å². The van der Waals surface area contributed by atoms with Crippen LogP contribution in [-0.4, -0.2) is 0 Å². The van der Waals surface area contributed by atoms with Gasteiger partial charge in [-0.2, -0.15) is 4.89 Å². The zero-order valence-electron chi connectivity index (χ0n) is 5.33. The summed E-state index contributed by atoms with van der Waals surface area (Å²) in [6.45, 7) is 0.460. The first-order chi connectivity index (χ1) is 4.88. The molecule has 1 aromatic carbocycles. The van der Waals surface area contributed by atoms with E-state index >= 15 is 0 Å². The van der Waals surface area contributed by atoms with E-state index < -0.39 is 0 Å². The molecule has 1 aliphatic heterocycles. The molecule has 1 heterocycles. The van der Waals surface area contributed by atoms with E-state index in [1.165, 1.54) is 0 Å². The summed E-state index contributed by atoms with van der Waals surface area (Å²) in [6, 6.07) is 5.50. The highest BCUT2D eigenvalue weighted by Gasteiger charge is 2.14. The van der Waals surface area contributed by atoms with E-state index in [9.17, 15) is 0 Å². The average molecular weight is 137 g/mol. The summed E-state index contributed by atoms with van der Waals surface area (Å²) in [5.41, 5.74) is 7.29. The van der Waals surface area contributed by atoms with Crippen LogP contribution in [0.1, 0.15) is 5.56 Å². The number of nitrogen functional groups attached to an aromatic ring is 1. The second-order valence-electron chi connectivity index (χ2n) is 2.17. The molecule has 1 aromatic rings.